The van der Waals surface area contributed by atoms with Gasteiger partial charge in [-0.2, -0.15) is 0 Å². The van der Waals surface area contributed by atoms with Crippen molar-refractivity contribution >= 4 is 11.8 Å². The van der Waals surface area contributed by atoms with E-state index in [1.807, 2.05) is 0 Å². The highest BCUT2D eigenvalue weighted by atomic mass is 16.5. The molecular weight excluding hydrogens is 346 g/mol. The smallest absolute Gasteiger partial charge is 0.267 e. The van der Waals surface area contributed by atoms with Gasteiger partial charge in [-0.1, -0.05) is 11.8 Å². The lowest BCUT2D eigenvalue weighted by atomic mass is 9.95. The highest BCUT2D eigenvalue weighted by Crippen LogP contribution is 2.36. The molecule has 1 unspecified atom stereocenters. The first kappa shape index (κ1) is 20.5. The fourth-order valence-corrected chi connectivity index (χ4v) is 2.43. The van der Waals surface area contributed by atoms with E-state index in [-0.39, 0.29) is 18.4 Å². The zero-order valence-electron chi connectivity index (χ0n) is 15.2. The van der Waals surface area contributed by atoms with E-state index >= 15 is 0 Å². The fourth-order valence-electron chi connectivity index (χ4n) is 2.43. The lowest BCUT2D eigenvalue weighted by molar-refractivity contribution is -0.132. The Morgan fingerprint density at radius 3 is 2.48 bits per heavy atom. The van der Waals surface area contributed by atoms with Crippen LogP contribution in [-0.4, -0.2) is 40.3 Å². The van der Waals surface area contributed by atoms with E-state index in [0.717, 1.165) is 6.42 Å². The second-order valence-corrected chi connectivity index (χ2v) is 7.09. The number of carbonyl (C=O) groups excluding carboxylic acids is 2. The number of benzene rings is 1. The third-order valence-electron chi connectivity index (χ3n) is 4.22. The summed E-state index contributed by atoms with van der Waals surface area (Å²) >= 11 is 0. The normalized spacial score (nSPS) is 18.9. The number of amides is 2. The Balaban J connectivity index is 2.00. The van der Waals surface area contributed by atoms with Gasteiger partial charge >= 0.3 is 0 Å². The second-order valence-electron chi connectivity index (χ2n) is 7.09. The van der Waals surface area contributed by atoms with E-state index < -0.39 is 23.4 Å². The quantitative estimate of drug-likeness (QED) is 0.284. The number of nitrogens with two attached hydrogens (primary N) is 1. The van der Waals surface area contributed by atoms with Crippen LogP contribution in [0, 0.1) is 35.5 Å². The van der Waals surface area contributed by atoms with Gasteiger partial charge in [-0.3, -0.25) is 14.8 Å². The summed E-state index contributed by atoms with van der Waals surface area (Å²) in [7, 11) is 0. The molecular formula is C20H23N3O4. The first-order chi connectivity index (χ1) is 12.8. The van der Waals surface area contributed by atoms with Crippen LogP contribution in [0.1, 0.15) is 36.2 Å². The molecule has 142 valence electrons. The van der Waals surface area contributed by atoms with Gasteiger partial charge in [-0.15, -0.1) is 0 Å². The maximum absolute atomic E-state index is 12.3. The van der Waals surface area contributed by atoms with Gasteiger partial charge in [0.15, 0.2) is 0 Å². The van der Waals surface area contributed by atoms with Crippen LogP contribution in [0.2, 0.25) is 0 Å². The molecule has 2 rings (SSSR count). The van der Waals surface area contributed by atoms with Gasteiger partial charge in [-0.25, -0.2) is 5.48 Å². The van der Waals surface area contributed by atoms with E-state index in [1.54, 1.807) is 38.1 Å². The van der Waals surface area contributed by atoms with Crippen molar-refractivity contribution in [3.8, 4) is 23.7 Å². The molecule has 7 nitrogen and oxygen atoms in total. The number of hydrogen-bond donors (Lipinski definition) is 5. The minimum Gasteiger partial charge on any atom is -0.396 e. The molecule has 0 heterocycles. The number of hydrogen-bond acceptors (Lipinski definition) is 5. The number of rotatable bonds is 5. The van der Waals surface area contributed by atoms with Gasteiger partial charge in [0.25, 0.3) is 11.8 Å². The van der Waals surface area contributed by atoms with Crippen molar-refractivity contribution in [3.63, 3.8) is 0 Å². The number of carbonyl (C=O) groups is 2. The summed E-state index contributed by atoms with van der Waals surface area (Å²) < 4.78 is 0. The third kappa shape index (κ3) is 5.83. The first-order valence-electron chi connectivity index (χ1n) is 8.52. The van der Waals surface area contributed by atoms with Crippen LogP contribution < -0.4 is 16.5 Å². The van der Waals surface area contributed by atoms with Crippen LogP contribution in [0.15, 0.2) is 24.3 Å². The van der Waals surface area contributed by atoms with Gasteiger partial charge in [0, 0.05) is 29.2 Å². The highest BCUT2D eigenvalue weighted by molar-refractivity contribution is 5.97. The zero-order valence-corrected chi connectivity index (χ0v) is 15.2. The minimum absolute atomic E-state index is 0.165. The van der Waals surface area contributed by atoms with Gasteiger partial charge in [0.1, 0.15) is 6.04 Å². The van der Waals surface area contributed by atoms with Crippen molar-refractivity contribution in [2.45, 2.75) is 31.8 Å². The predicted octanol–water partition coefficient (Wildman–Crippen LogP) is 0.0110. The molecule has 0 bridgehead atoms. The maximum Gasteiger partial charge on any atom is 0.267 e. The van der Waals surface area contributed by atoms with E-state index in [4.69, 9.17) is 16.0 Å². The Labute approximate surface area is 158 Å². The molecule has 1 saturated carbocycles. The number of nitrogens with one attached hydrogen (secondary N) is 2. The van der Waals surface area contributed by atoms with Crippen LogP contribution in [-0.2, 0) is 4.79 Å². The minimum atomic E-state index is -1.10. The molecule has 0 aromatic heterocycles. The zero-order chi connectivity index (χ0) is 20.0. The molecule has 0 radical (unpaired) electrons. The maximum atomic E-state index is 12.3. The van der Waals surface area contributed by atoms with Gasteiger partial charge < -0.3 is 16.2 Å². The molecule has 1 aliphatic rings. The molecule has 1 aromatic rings. The number of aliphatic hydroxyl groups excluding tert-OH is 1. The molecule has 0 spiro atoms. The Morgan fingerprint density at radius 2 is 1.96 bits per heavy atom. The van der Waals surface area contributed by atoms with Crippen molar-refractivity contribution in [2.75, 3.05) is 6.61 Å². The SMILES string of the molecule is CC(C)(N)C(NC(=O)c1ccc(C#CC#C[C@H]2C[C@@H]2CO)cc1)C(=O)NO. The van der Waals surface area contributed by atoms with Crippen LogP contribution in [0.5, 0.6) is 0 Å². The summed E-state index contributed by atoms with van der Waals surface area (Å²) in [4.78, 5) is 24.0. The molecule has 1 aliphatic carbocycles. The van der Waals surface area contributed by atoms with Crippen LogP contribution in [0.4, 0.5) is 0 Å². The summed E-state index contributed by atoms with van der Waals surface area (Å²) in [6.45, 7) is 3.30. The van der Waals surface area contributed by atoms with Crippen molar-refractivity contribution in [1.82, 2.24) is 10.8 Å². The summed E-state index contributed by atoms with van der Waals surface area (Å²) in [6, 6.07) is 5.40. The lowest BCUT2D eigenvalue weighted by Crippen LogP contribution is -2.61. The van der Waals surface area contributed by atoms with E-state index in [1.165, 1.54) is 5.48 Å². The molecule has 1 aromatic carbocycles. The average molecular weight is 369 g/mol. The molecule has 7 heteroatoms. The van der Waals surface area contributed by atoms with Crippen molar-refractivity contribution < 1.29 is 19.9 Å². The second kappa shape index (κ2) is 8.70. The van der Waals surface area contributed by atoms with E-state index in [2.05, 4.69) is 29.0 Å². The molecule has 2 amide bonds. The Bertz CT molecular complexity index is 819. The third-order valence-corrected chi connectivity index (χ3v) is 4.22. The molecule has 0 aliphatic heterocycles. The summed E-state index contributed by atoms with van der Waals surface area (Å²) in [5, 5.41) is 20.3. The summed E-state index contributed by atoms with van der Waals surface area (Å²) in [5.41, 5.74) is 7.35. The Kier molecular flexibility index (Phi) is 6.59. The first-order valence-corrected chi connectivity index (χ1v) is 8.52. The lowest BCUT2D eigenvalue weighted by Gasteiger charge is -2.29. The summed E-state index contributed by atoms with van der Waals surface area (Å²) in [6.07, 6.45) is 0.921. The molecule has 27 heavy (non-hydrogen) atoms. The Hall–Kier alpha value is -2.84. The predicted molar refractivity (Wildman–Crippen MR) is 99.2 cm³/mol. The standard InChI is InChI=1S/C20H23N3O4/c1-20(2,21)17(19(26)23-27)22-18(25)14-9-7-13(8-10-14)5-3-4-6-15-11-16(15)12-24/h7-10,15-17,24,27H,11-12,21H2,1-2H3,(H,22,25)(H,23,26)/t15-,16+,17?/m0/s1. The van der Waals surface area contributed by atoms with Gasteiger partial charge in [-0.05, 0) is 62.3 Å². The number of hydroxylamine groups is 1. The Morgan fingerprint density at radius 1 is 1.30 bits per heavy atom. The van der Waals surface area contributed by atoms with Crippen LogP contribution in [0.25, 0.3) is 0 Å². The molecule has 0 saturated heterocycles. The van der Waals surface area contributed by atoms with Crippen molar-refractivity contribution in [2.24, 2.45) is 17.6 Å². The molecule has 3 atom stereocenters. The largest absolute Gasteiger partial charge is 0.396 e. The van der Waals surface area contributed by atoms with Gasteiger partial charge in [0.2, 0.25) is 0 Å². The molecule has 1 fully saturated rings. The fraction of sp³-hybridized carbons (Fsp3) is 0.400. The van der Waals surface area contributed by atoms with E-state index in [9.17, 15) is 9.59 Å². The topological polar surface area (TPSA) is 125 Å². The van der Waals surface area contributed by atoms with Crippen LogP contribution in [0.3, 0.4) is 0 Å². The average Bonchev–Trinajstić information content (AvgIpc) is 3.40. The highest BCUT2D eigenvalue weighted by Gasteiger charge is 2.34. The number of aliphatic hydroxyl groups is 1. The monoisotopic (exact) mass is 369 g/mol. The van der Waals surface area contributed by atoms with Crippen molar-refractivity contribution in [3.05, 3.63) is 35.4 Å². The summed E-state index contributed by atoms with van der Waals surface area (Å²) in [5.74, 6) is 10.6. The van der Waals surface area contributed by atoms with Crippen molar-refractivity contribution in [1.29, 1.82) is 0 Å². The van der Waals surface area contributed by atoms with Gasteiger partial charge in [0.05, 0.1) is 0 Å². The van der Waals surface area contributed by atoms with Crippen LogP contribution >= 0.6 is 0 Å². The van der Waals surface area contributed by atoms with E-state index in [0.29, 0.717) is 11.1 Å². The molecule has 6 N–H and O–H groups in total.